The molecule has 0 fully saturated rings. The lowest BCUT2D eigenvalue weighted by molar-refractivity contribution is 0.102. The maximum Gasteiger partial charge on any atom is 0.270 e. The van der Waals surface area contributed by atoms with Gasteiger partial charge in [0.15, 0.2) is 0 Å². The van der Waals surface area contributed by atoms with Gasteiger partial charge in [-0.3, -0.25) is 10.1 Å². The molecule has 0 aliphatic carbocycles. The number of aromatic nitrogens is 2. The molecule has 0 aliphatic rings. The molecular weight excluding hydrogens is 408 g/mol. The van der Waals surface area contributed by atoms with Gasteiger partial charge in [0, 0.05) is 11.6 Å². The van der Waals surface area contributed by atoms with E-state index >= 15 is 0 Å². The normalized spacial score (nSPS) is 12.6. The Labute approximate surface area is 174 Å². The Morgan fingerprint density at radius 1 is 1.00 bits per heavy atom. The van der Waals surface area contributed by atoms with Gasteiger partial charge < -0.3 is 0 Å². The van der Waals surface area contributed by atoms with Crippen LogP contribution < -0.4 is 10.0 Å². The van der Waals surface area contributed by atoms with Gasteiger partial charge in [0.1, 0.15) is 0 Å². The maximum absolute atomic E-state index is 12.7. The first-order chi connectivity index (χ1) is 13.7. The first-order valence-corrected chi connectivity index (χ1v) is 11.3. The second kappa shape index (κ2) is 8.40. The Balaban J connectivity index is 1.72. The average Bonchev–Trinajstić information content (AvgIpc) is 3.11. The highest BCUT2D eigenvalue weighted by atomic mass is 32.2. The predicted molar refractivity (Wildman–Crippen MR) is 114 cm³/mol. The standard InChI is InChI=1S/C20H22N4O3S2/c1-12-5-8-16(9-6-12)18(25)21-19-22-23-20(28-19)29(26,27)24-15(4)17-10-7-13(2)11-14(17)3/h5-11,15,24H,1-4H3,(H,21,22,25)/t15-/m1/s1. The number of rotatable bonds is 6. The summed E-state index contributed by atoms with van der Waals surface area (Å²) in [4.78, 5) is 12.3. The van der Waals surface area contributed by atoms with Gasteiger partial charge in [0.2, 0.25) is 9.47 Å². The molecule has 2 aromatic carbocycles. The van der Waals surface area contributed by atoms with E-state index in [1.807, 2.05) is 51.1 Å². The molecular formula is C20H22N4O3S2. The number of sulfonamides is 1. The van der Waals surface area contributed by atoms with Crippen LogP contribution in [0.15, 0.2) is 46.8 Å². The highest BCUT2D eigenvalue weighted by Gasteiger charge is 2.24. The highest BCUT2D eigenvalue weighted by molar-refractivity contribution is 7.91. The molecule has 0 saturated heterocycles. The van der Waals surface area contributed by atoms with Crippen LogP contribution in [0.2, 0.25) is 0 Å². The first-order valence-electron chi connectivity index (χ1n) is 8.97. The first kappa shape index (κ1) is 21.1. The summed E-state index contributed by atoms with van der Waals surface area (Å²) in [7, 11) is -3.88. The van der Waals surface area contributed by atoms with Crippen molar-refractivity contribution in [2.45, 2.75) is 38.1 Å². The van der Waals surface area contributed by atoms with Crippen molar-refractivity contribution in [2.24, 2.45) is 0 Å². The zero-order valence-electron chi connectivity index (χ0n) is 16.6. The van der Waals surface area contributed by atoms with Crippen molar-refractivity contribution in [1.29, 1.82) is 0 Å². The Bertz CT molecular complexity index is 1140. The van der Waals surface area contributed by atoms with E-state index in [1.54, 1.807) is 19.1 Å². The van der Waals surface area contributed by atoms with Crippen molar-refractivity contribution >= 4 is 32.4 Å². The third-order valence-electron chi connectivity index (χ3n) is 4.39. The Morgan fingerprint density at radius 3 is 2.31 bits per heavy atom. The molecule has 1 amide bonds. The molecule has 1 atom stereocenters. The molecule has 0 bridgehead atoms. The number of amides is 1. The zero-order valence-corrected chi connectivity index (χ0v) is 18.2. The fraction of sp³-hybridized carbons (Fsp3) is 0.250. The quantitative estimate of drug-likeness (QED) is 0.580. The number of hydrogen-bond donors (Lipinski definition) is 2. The SMILES string of the molecule is Cc1ccc(C(=O)Nc2nnc(S(=O)(=O)N[C@H](C)c3ccc(C)cc3C)s2)cc1. The van der Waals surface area contributed by atoms with Crippen LogP contribution in [-0.4, -0.2) is 24.5 Å². The Morgan fingerprint density at radius 2 is 1.66 bits per heavy atom. The second-order valence-electron chi connectivity index (χ2n) is 6.90. The van der Waals surface area contributed by atoms with Crippen molar-refractivity contribution in [1.82, 2.24) is 14.9 Å². The van der Waals surface area contributed by atoms with E-state index in [0.29, 0.717) is 5.56 Å². The van der Waals surface area contributed by atoms with E-state index in [1.165, 1.54) is 0 Å². The summed E-state index contributed by atoms with van der Waals surface area (Å²) >= 11 is 0.805. The van der Waals surface area contributed by atoms with Gasteiger partial charge in [-0.15, -0.1) is 10.2 Å². The number of carbonyl (C=O) groups is 1. The Hall–Kier alpha value is -2.62. The molecule has 0 radical (unpaired) electrons. The highest BCUT2D eigenvalue weighted by Crippen LogP contribution is 2.24. The Kier molecular flexibility index (Phi) is 6.11. The smallest absolute Gasteiger partial charge is 0.270 e. The van der Waals surface area contributed by atoms with Crippen molar-refractivity contribution in [2.75, 3.05) is 5.32 Å². The summed E-state index contributed by atoms with van der Waals surface area (Å²) in [5, 5.41) is 10.2. The van der Waals surface area contributed by atoms with Crippen LogP contribution >= 0.6 is 11.3 Å². The zero-order chi connectivity index (χ0) is 21.2. The van der Waals surface area contributed by atoms with Gasteiger partial charge in [-0.05, 0) is 51.0 Å². The molecule has 0 spiro atoms. The second-order valence-corrected chi connectivity index (χ2v) is 9.76. The number of nitrogens with one attached hydrogen (secondary N) is 2. The van der Waals surface area contributed by atoms with E-state index < -0.39 is 16.1 Å². The molecule has 3 aromatic rings. The van der Waals surface area contributed by atoms with Gasteiger partial charge in [-0.25, -0.2) is 13.1 Å². The number of anilines is 1. The molecule has 9 heteroatoms. The van der Waals surface area contributed by atoms with Crippen molar-refractivity contribution in [3.05, 3.63) is 70.3 Å². The molecule has 0 aliphatic heterocycles. The van der Waals surface area contributed by atoms with Crippen LogP contribution in [0, 0.1) is 20.8 Å². The summed E-state index contributed by atoms with van der Waals surface area (Å²) in [6.45, 7) is 7.63. The largest absolute Gasteiger partial charge is 0.296 e. The van der Waals surface area contributed by atoms with Gasteiger partial charge >= 0.3 is 0 Å². The lowest BCUT2D eigenvalue weighted by atomic mass is 10.0. The molecule has 0 saturated carbocycles. The number of hydrogen-bond acceptors (Lipinski definition) is 6. The van der Waals surface area contributed by atoms with Crippen molar-refractivity contribution < 1.29 is 13.2 Å². The maximum atomic E-state index is 12.7. The van der Waals surface area contributed by atoms with Crippen LogP contribution in [0.3, 0.4) is 0 Å². The van der Waals surface area contributed by atoms with E-state index in [-0.39, 0.29) is 15.4 Å². The monoisotopic (exact) mass is 430 g/mol. The van der Waals surface area contributed by atoms with Gasteiger partial charge in [-0.1, -0.05) is 52.8 Å². The van der Waals surface area contributed by atoms with E-state index in [0.717, 1.165) is 33.6 Å². The van der Waals surface area contributed by atoms with E-state index in [2.05, 4.69) is 20.2 Å². The predicted octanol–water partition coefficient (Wildman–Crippen LogP) is 3.76. The fourth-order valence-corrected chi connectivity index (χ4v) is 5.04. The number of nitrogens with zero attached hydrogens (tertiary/aromatic N) is 2. The lowest BCUT2D eigenvalue weighted by Crippen LogP contribution is -2.27. The molecule has 1 aromatic heterocycles. The van der Waals surface area contributed by atoms with Crippen molar-refractivity contribution in [3.63, 3.8) is 0 Å². The number of carbonyl (C=O) groups excluding carboxylic acids is 1. The van der Waals surface area contributed by atoms with Crippen LogP contribution in [-0.2, 0) is 10.0 Å². The molecule has 0 unspecified atom stereocenters. The lowest BCUT2D eigenvalue weighted by Gasteiger charge is -2.16. The van der Waals surface area contributed by atoms with Gasteiger partial charge in [-0.2, -0.15) is 0 Å². The summed E-state index contributed by atoms with van der Waals surface area (Å²) in [6, 6.07) is 12.4. The summed E-state index contributed by atoms with van der Waals surface area (Å²) < 4.78 is 27.8. The molecule has 1 heterocycles. The number of benzene rings is 2. The minimum atomic E-state index is -3.88. The minimum absolute atomic E-state index is 0.120. The molecule has 29 heavy (non-hydrogen) atoms. The van der Waals surface area contributed by atoms with Gasteiger partial charge in [0.25, 0.3) is 15.9 Å². The van der Waals surface area contributed by atoms with Gasteiger partial charge in [0.05, 0.1) is 0 Å². The van der Waals surface area contributed by atoms with Crippen LogP contribution in [0.4, 0.5) is 5.13 Å². The topological polar surface area (TPSA) is 101 Å². The summed E-state index contributed by atoms with van der Waals surface area (Å²) in [5.41, 5.74) is 4.49. The fourth-order valence-electron chi connectivity index (χ4n) is 2.90. The molecule has 152 valence electrons. The van der Waals surface area contributed by atoms with Crippen molar-refractivity contribution in [3.8, 4) is 0 Å². The third kappa shape index (κ3) is 5.06. The van der Waals surface area contributed by atoms with Crippen LogP contribution in [0.1, 0.15) is 45.6 Å². The summed E-state index contributed by atoms with van der Waals surface area (Å²) in [5.74, 6) is -0.373. The number of aryl methyl sites for hydroxylation is 3. The van der Waals surface area contributed by atoms with Crippen LogP contribution in [0.25, 0.3) is 0 Å². The molecule has 3 rings (SSSR count). The minimum Gasteiger partial charge on any atom is -0.296 e. The van der Waals surface area contributed by atoms with E-state index in [9.17, 15) is 13.2 Å². The third-order valence-corrected chi connectivity index (χ3v) is 7.14. The molecule has 7 nitrogen and oxygen atoms in total. The average molecular weight is 431 g/mol. The molecule has 2 N–H and O–H groups in total. The summed E-state index contributed by atoms with van der Waals surface area (Å²) in [6.07, 6.45) is 0. The van der Waals surface area contributed by atoms with Crippen LogP contribution in [0.5, 0.6) is 0 Å². The van der Waals surface area contributed by atoms with E-state index in [4.69, 9.17) is 0 Å².